The standard InChI is InChI=1S/C15H14N2O2/c1-8(2)12-13(15(19)17-14(12)18)10-7-16-11-6-4-3-5-9(10)11/h3-8,16H,1-2H3,(H,17,18,19). The number of imide groups is 1. The summed E-state index contributed by atoms with van der Waals surface area (Å²) < 4.78 is 0. The van der Waals surface area contributed by atoms with E-state index in [2.05, 4.69) is 10.3 Å². The third-order valence-corrected chi connectivity index (χ3v) is 3.40. The summed E-state index contributed by atoms with van der Waals surface area (Å²) in [7, 11) is 0. The summed E-state index contributed by atoms with van der Waals surface area (Å²) in [5, 5.41) is 3.34. The maximum Gasteiger partial charge on any atom is 0.259 e. The van der Waals surface area contributed by atoms with E-state index in [-0.39, 0.29) is 17.7 Å². The number of benzene rings is 1. The van der Waals surface area contributed by atoms with Crippen molar-refractivity contribution >= 4 is 28.3 Å². The molecule has 0 atom stereocenters. The van der Waals surface area contributed by atoms with Gasteiger partial charge in [-0.05, 0) is 12.0 Å². The van der Waals surface area contributed by atoms with Gasteiger partial charge in [-0.3, -0.25) is 14.9 Å². The first kappa shape index (κ1) is 11.7. The summed E-state index contributed by atoms with van der Waals surface area (Å²) in [4.78, 5) is 27.0. The molecule has 2 heterocycles. The van der Waals surface area contributed by atoms with Crippen molar-refractivity contribution in [3.8, 4) is 0 Å². The highest BCUT2D eigenvalue weighted by molar-refractivity contribution is 6.37. The van der Waals surface area contributed by atoms with Gasteiger partial charge in [0.05, 0.1) is 5.57 Å². The van der Waals surface area contributed by atoms with Gasteiger partial charge in [-0.25, -0.2) is 0 Å². The van der Waals surface area contributed by atoms with Gasteiger partial charge in [0.1, 0.15) is 0 Å². The molecule has 2 aromatic rings. The molecular formula is C15H14N2O2. The largest absolute Gasteiger partial charge is 0.361 e. The summed E-state index contributed by atoms with van der Waals surface area (Å²) in [6.45, 7) is 3.84. The number of hydrogen-bond acceptors (Lipinski definition) is 2. The smallest absolute Gasteiger partial charge is 0.259 e. The molecular weight excluding hydrogens is 240 g/mol. The van der Waals surface area contributed by atoms with Crippen LogP contribution >= 0.6 is 0 Å². The van der Waals surface area contributed by atoms with E-state index in [0.29, 0.717) is 11.1 Å². The zero-order chi connectivity index (χ0) is 13.6. The number of carbonyl (C=O) groups excluding carboxylic acids is 2. The molecule has 1 aliphatic heterocycles. The Bertz CT molecular complexity index is 723. The van der Waals surface area contributed by atoms with Crippen LogP contribution in [-0.2, 0) is 9.59 Å². The van der Waals surface area contributed by atoms with Crippen LogP contribution in [0.5, 0.6) is 0 Å². The maximum absolute atomic E-state index is 12.0. The van der Waals surface area contributed by atoms with Gasteiger partial charge in [0.2, 0.25) is 0 Å². The van der Waals surface area contributed by atoms with Crippen LogP contribution in [0.4, 0.5) is 0 Å². The molecule has 0 fully saturated rings. The number of rotatable bonds is 2. The Morgan fingerprint density at radius 3 is 2.53 bits per heavy atom. The monoisotopic (exact) mass is 254 g/mol. The van der Waals surface area contributed by atoms with Crippen molar-refractivity contribution in [1.82, 2.24) is 10.3 Å². The quantitative estimate of drug-likeness (QED) is 0.807. The lowest BCUT2D eigenvalue weighted by atomic mass is 9.94. The van der Waals surface area contributed by atoms with Gasteiger partial charge in [0.25, 0.3) is 11.8 Å². The average molecular weight is 254 g/mol. The molecule has 4 nitrogen and oxygen atoms in total. The van der Waals surface area contributed by atoms with Crippen molar-refractivity contribution in [3.05, 3.63) is 41.6 Å². The van der Waals surface area contributed by atoms with Crippen molar-refractivity contribution in [3.63, 3.8) is 0 Å². The highest BCUT2D eigenvalue weighted by Gasteiger charge is 2.33. The Morgan fingerprint density at radius 2 is 1.79 bits per heavy atom. The first-order valence-electron chi connectivity index (χ1n) is 6.26. The van der Waals surface area contributed by atoms with Crippen molar-refractivity contribution in [2.24, 2.45) is 5.92 Å². The van der Waals surface area contributed by atoms with Crippen molar-refractivity contribution in [2.75, 3.05) is 0 Å². The zero-order valence-corrected chi connectivity index (χ0v) is 10.8. The van der Waals surface area contributed by atoms with Crippen LogP contribution in [0.2, 0.25) is 0 Å². The molecule has 19 heavy (non-hydrogen) atoms. The molecule has 1 aromatic heterocycles. The van der Waals surface area contributed by atoms with Crippen molar-refractivity contribution in [1.29, 1.82) is 0 Å². The average Bonchev–Trinajstić information content (AvgIpc) is 2.89. The Hall–Kier alpha value is -2.36. The molecule has 0 aliphatic carbocycles. The summed E-state index contributed by atoms with van der Waals surface area (Å²) in [5.41, 5.74) is 2.81. The van der Waals surface area contributed by atoms with E-state index in [1.807, 2.05) is 38.1 Å². The van der Waals surface area contributed by atoms with E-state index >= 15 is 0 Å². The van der Waals surface area contributed by atoms with Gasteiger partial charge in [-0.1, -0.05) is 32.0 Å². The van der Waals surface area contributed by atoms with E-state index in [1.54, 1.807) is 6.20 Å². The molecule has 3 rings (SSSR count). The number of amides is 2. The topological polar surface area (TPSA) is 62.0 Å². The predicted octanol–water partition coefficient (Wildman–Crippen LogP) is 2.23. The van der Waals surface area contributed by atoms with Crippen LogP contribution < -0.4 is 5.32 Å². The van der Waals surface area contributed by atoms with Crippen LogP contribution in [0.15, 0.2) is 36.0 Å². The van der Waals surface area contributed by atoms with E-state index in [1.165, 1.54) is 0 Å². The van der Waals surface area contributed by atoms with E-state index in [4.69, 9.17) is 0 Å². The second kappa shape index (κ2) is 4.09. The highest BCUT2D eigenvalue weighted by Crippen LogP contribution is 2.32. The van der Waals surface area contributed by atoms with E-state index in [9.17, 15) is 9.59 Å². The van der Waals surface area contributed by atoms with Gasteiger partial charge in [-0.15, -0.1) is 0 Å². The fourth-order valence-electron chi connectivity index (χ4n) is 2.57. The second-order valence-corrected chi connectivity index (χ2v) is 4.97. The lowest BCUT2D eigenvalue weighted by molar-refractivity contribution is -0.123. The molecule has 2 amide bonds. The molecule has 1 aromatic carbocycles. The molecule has 4 heteroatoms. The summed E-state index contributed by atoms with van der Waals surface area (Å²) in [6, 6.07) is 7.75. The normalized spacial score (nSPS) is 15.7. The molecule has 96 valence electrons. The van der Waals surface area contributed by atoms with Crippen molar-refractivity contribution in [2.45, 2.75) is 13.8 Å². The van der Waals surface area contributed by atoms with Crippen molar-refractivity contribution < 1.29 is 9.59 Å². The number of aromatic amines is 1. The minimum atomic E-state index is -0.307. The fourth-order valence-corrected chi connectivity index (χ4v) is 2.57. The Kier molecular flexibility index (Phi) is 2.52. The number of H-pyrrole nitrogens is 1. The molecule has 0 spiro atoms. The van der Waals surface area contributed by atoms with Crippen LogP contribution in [0, 0.1) is 5.92 Å². The third-order valence-electron chi connectivity index (χ3n) is 3.40. The summed E-state index contributed by atoms with van der Waals surface area (Å²) >= 11 is 0. The molecule has 0 saturated carbocycles. The van der Waals surface area contributed by atoms with E-state index in [0.717, 1.165) is 16.5 Å². The highest BCUT2D eigenvalue weighted by atomic mass is 16.2. The number of aromatic nitrogens is 1. The zero-order valence-electron chi connectivity index (χ0n) is 10.8. The lowest BCUT2D eigenvalue weighted by Crippen LogP contribution is -2.23. The van der Waals surface area contributed by atoms with Gasteiger partial charge in [0, 0.05) is 28.2 Å². The molecule has 1 aliphatic rings. The molecule has 0 saturated heterocycles. The van der Waals surface area contributed by atoms with E-state index < -0.39 is 0 Å². The van der Waals surface area contributed by atoms with Gasteiger partial charge in [0.15, 0.2) is 0 Å². The van der Waals surface area contributed by atoms with Crippen LogP contribution in [0.3, 0.4) is 0 Å². The molecule has 0 bridgehead atoms. The minimum absolute atomic E-state index is 0.00936. The first-order chi connectivity index (χ1) is 9.09. The number of para-hydroxylation sites is 1. The molecule has 0 unspecified atom stereocenters. The van der Waals surface area contributed by atoms with Crippen LogP contribution in [-0.4, -0.2) is 16.8 Å². The van der Waals surface area contributed by atoms with Gasteiger partial charge in [-0.2, -0.15) is 0 Å². The third kappa shape index (κ3) is 1.68. The maximum atomic E-state index is 12.0. The Morgan fingerprint density at radius 1 is 1.05 bits per heavy atom. The first-order valence-corrected chi connectivity index (χ1v) is 6.26. The molecule has 0 radical (unpaired) electrons. The number of hydrogen-bond donors (Lipinski definition) is 2. The minimum Gasteiger partial charge on any atom is -0.361 e. The van der Waals surface area contributed by atoms with Gasteiger partial charge >= 0.3 is 0 Å². The Balaban J connectivity index is 2.30. The summed E-state index contributed by atoms with van der Waals surface area (Å²) in [6.07, 6.45) is 1.79. The van der Waals surface area contributed by atoms with Crippen LogP contribution in [0.25, 0.3) is 16.5 Å². The van der Waals surface area contributed by atoms with Crippen LogP contribution in [0.1, 0.15) is 19.4 Å². The number of nitrogens with one attached hydrogen (secondary N) is 2. The summed E-state index contributed by atoms with van der Waals surface area (Å²) in [5.74, 6) is -0.575. The fraction of sp³-hybridized carbons (Fsp3) is 0.200. The number of fused-ring (bicyclic) bond motifs is 1. The predicted molar refractivity (Wildman–Crippen MR) is 73.2 cm³/mol. The molecule has 2 N–H and O–H groups in total. The van der Waals surface area contributed by atoms with Gasteiger partial charge < -0.3 is 4.98 Å². The Labute approximate surface area is 110 Å². The SMILES string of the molecule is CC(C)C1=C(c2c[nH]c3ccccc23)C(=O)NC1=O. The number of carbonyl (C=O) groups is 2. The second-order valence-electron chi connectivity index (χ2n) is 4.97. The lowest BCUT2D eigenvalue weighted by Gasteiger charge is -2.06.